The Kier molecular flexibility index (Phi) is 5.68. The summed E-state index contributed by atoms with van der Waals surface area (Å²) in [6.45, 7) is 14.8. The first-order chi connectivity index (χ1) is 15.4. The molecule has 0 aromatic carbocycles. The molecular formula is C27H42O7. The molecule has 0 saturated heterocycles. The first-order valence-electron chi connectivity index (χ1n) is 12.6. The molecule has 192 valence electrons. The summed E-state index contributed by atoms with van der Waals surface area (Å²) in [5.41, 5.74) is -3.56. The summed E-state index contributed by atoms with van der Waals surface area (Å²) in [5, 5.41) is 35.7. The summed E-state index contributed by atoms with van der Waals surface area (Å²) in [6, 6.07) is 0. The van der Waals surface area contributed by atoms with Crippen LogP contribution in [0.15, 0.2) is 11.6 Å². The second-order valence-electron chi connectivity index (χ2n) is 13.2. The zero-order chi connectivity index (χ0) is 25.6. The smallest absolute Gasteiger partial charge is 0.311 e. The Morgan fingerprint density at radius 2 is 1.82 bits per heavy atom. The van der Waals surface area contributed by atoms with Gasteiger partial charge in [0, 0.05) is 36.0 Å². The lowest BCUT2D eigenvalue weighted by molar-refractivity contribution is -0.202. The monoisotopic (exact) mass is 478 g/mol. The maximum Gasteiger partial charge on any atom is 0.311 e. The molecule has 0 amide bonds. The van der Waals surface area contributed by atoms with Gasteiger partial charge in [0.25, 0.3) is 0 Å². The van der Waals surface area contributed by atoms with Crippen LogP contribution in [0.2, 0.25) is 0 Å². The topological polar surface area (TPSA) is 113 Å². The molecule has 3 saturated carbocycles. The predicted molar refractivity (Wildman–Crippen MR) is 125 cm³/mol. The quantitative estimate of drug-likeness (QED) is 0.422. The lowest BCUT2D eigenvalue weighted by Crippen LogP contribution is -2.61. The normalized spacial score (nSPS) is 46.9. The fourth-order valence-electron chi connectivity index (χ4n) is 7.93. The van der Waals surface area contributed by atoms with Crippen LogP contribution < -0.4 is 0 Å². The van der Waals surface area contributed by atoms with Crippen molar-refractivity contribution in [2.24, 2.45) is 40.4 Å². The third kappa shape index (κ3) is 3.33. The van der Waals surface area contributed by atoms with E-state index in [9.17, 15) is 24.9 Å². The number of carbonyl (C=O) groups excluding carboxylic acids is 2. The van der Waals surface area contributed by atoms with E-state index >= 15 is 0 Å². The minimum atomic E-state index is -1.53. The molecule has 0 aliphatic heterocycles. The predicted octanol–water partition coefficient (Wildman–Crippen LogP) is 3.00. The van der Waals surface area contributed by atoms with Crippen LogP contribution in [-0.2, 0) is 19.1 Å². The summed E-state index contributed by atoms with van der Waals surface area (Å²) in [7, 11) is 0. The van der Waals surface area contributed by atoms with E-state index in [4.69, 9.17) is 9.47 Å². The maximum atomic E-state index is 12.4. The zero-order valence-electron chi connectivity index (χ0n) is 21.8. The lowest BCUT2D eigenvalue weighted by Gasteiger charge is -2.51. The highest BCUT2D eigenvalue weighted by Crippen LogP contribution is 2.77. The number of hydrogen-bond acceptors (Lipinski definition) is 7. The van der Waals surface area contributed by atoms with Crippen molar-refractivity contribution in [1.29, 1.82) is 0 Å². The van der Waals surface area contributed by atoms with E-state index in [0.29, 0.717) is 12.8 Å². The van der Waals surface area contributed by atoms with E-state index < -0.39 is 40.2 Å². The third-order valence-corrected chi connectivity index (χ3v) is 9.63. The molecule has 0 heterocycles. The number of aliphatic hydroxyl groups is 3. The maximum absolute atomic E-state index is 12.4. The Balaban J connectivity index is 1.70. The van der Waals surface area contributed by atoms with Crippen molar-refractivity contribution >= 4 is 11.9 Å². The summed E-state index contributed by atoms with van der Waals surface area (Å²) in [6.07, 6.45) is 2.00. The van der Waals surface area contributed by atoms with Crippen molar-refractivity contribution in [3.05, 3.63) is 11.6 Å². The Labute approximate surface area is 202 Å². The van der Waals surface area contributed by atoms with Gasteiger partial charge in [-0.2, -0.15) is 0 Å². The fraction of sp³-hybridized carbons (Fsp3) is 0.852. The van der Waals surface area contributed by atoms with E-state index in [2.05, 4.69) is 13.8 Å². The molecule has 4 rings (SSSR count). The largest absolute Gasteiger partial charge is 0.465 e. The van der Waals surface area contributed by atoms with Gasteiger partial charge in [0.15, 0.2) is 0 Å². The average Bonchev–Trinajstić information content (AvgIpc) is 3.05. The Bertz CT molecular complexity index is 916. The van der Waals surface area contributed by atoms with Crippen LogP contribution in [0.3, 0.4) is 0 Å². The molecule has 0 spiro atoms. The first-order valence-corrected chi connectivity index (χ1v) is 12.6. The fourth-order valence-corrected chi connectivity index (χ4v) is 7.93. The van der Waals surface area contributed by atoms with Gasteiger partial charge in [-0.25, -0.2) is 0 Å². The number of ether oxygens (including phenoxy) is 2. The van der Waals surface area contributed by atoms with E-state index in [1.165, 1.54) is 6.92 Å². The molecule has 0 aromatic heterocycles. The van der Waals surface area contributed by atoms with E-state index in [1.54, 1.807) is 20.8 Å². The van der Waals surface area contributed by atoms with E-state index in [1.807, 2.05) is 19.9 Å². The van der Waals surface area contributed by atoms with E-state index in [0.717, 1.165) is 5.57 Å². The highest BCUT2D eigenvalue weighted by Gasteiger charge is 2.83. The number of carbonyl (C=O) groups is 2. The van der Waals surface area contributed by atoms with Gasteiger partial charge in [-0.3, -0.25) is 9.59 Å². The standard InChI is InChI=1S/C27H42O7/c1-14-9-18-20-24(7,8)26(20,34-16(3)28)12-15(2)27(18,32)19-10-17(21(29)25(19,31)11-14)13-33-22(30)23(4,5)6/h9,15,17-21,29,31-32H,10-13H2,1-8H3/t15-,17-,18+,19-,20-,21+,25-,26+,27-/m0/s1. The molecular weight excluding hydrogens is 436 g/mol. The van der Waals surface area contributed by atoms with Crippen LogP contribution >= 0.6 is 0 Å². The van der Waals surface area contributed by atoms with Gasteiger partial charge >= 0.3 is 11.9 Å². The molecule has 7 nitrogen and oxygen atoms in total. The van der Waals surface area contributed by atoms with Gasteiger partial charge in [0.1, 0.15) is 11.2 Å². The molecule has 7 heteroatoms. The molecule has 0 aromatic rings. The lowest BCUT2D eigenvalue weighted by atomic mass is 9.59. The second kappa shape index (κ2) is 7.53. The second-order valence-corrected chi connectivity index (χ2v) is 13.2. The summed E-state index contributed by atoms with van der Waals surface area (Å²) < 4.78 is 11.5. The number of aliphatic hydroxyl groups excluding tert-OH is 1. The molecule has 3 N–H and O–H groups in total. The van der Waals surface area contributed by atoms with Gasteiger partial charge in [-0.05, 0) is 52.9 Å². The van der Waals surface area contributed by atoms with Crippen LogP contribution in [0.1, 0.15) is 74.7 Å². The van der Waals surface area contributed by atoms with Crippen molar-refractivity contribution < 1.29 is 34.4 Å². The summed E-state index contributed by atoms with van der Waals surface area (Å²) >= 11 is 0. The van der Waals surface area contributed by atoms with Gasteiger partial charge in [-0.15, -0.1) is 0 Å². The average molecular weight is 479 g/mol. The number of hydrogen-bond donors (Lipinski definition) is 3. The van der Waals surface area contributed by atoms with Gasteiger partial charge in [0.2, 0.25) is 0 Å². The van der Waals surface area contributed by atoms with Gasteiger partial charge in [0.05, 0.1) is 23.7 Å². The first kappa shape index (κ1) is 25.6. The highest BCUT2D eigenvalue weighted by atomic mass is 16.6. The van der Waals surface area contributed by atoms with Gasteiger partial charge in [-0.1, -0.05) is 32.4 Å². The zero-order valence-corrected chi connectivity index (χ0v) is 21.8. The molecule has 0 unspecified atom stereocenters. The molecule has 3 fully saturated rings. The van der Waals surface area contributed by atoms with Crippen LogP contribution in [0, 0.1) is 40.4 Å². The third-order valence-electron chi connectivity index (χ3n) is 9.63. The van der Waals surface area contributed by atoms with Crippen LogP contribution in [0.25, 0.3) is 0 Å². The van der Waals surface area contributed by atoms with Crippen molar-refractivity contribution in [3.8, 4) is 0 Å². The van der Waals surface area contributed by atoms with Crippen molar-refractivity contribution in [2.75, 3.05) is 6.61 Å². The minimum Gasteiger partial charge on any atom is -0.465 e. The van der Waals surface area contributed by atoms with Crippen LogP contribution in [0.4, 0.5) is 0 Å². The SMILES string of the molecule is CC(=O)O[C@]12C[C@H](C)[C@]3(O)[C@H](C=C(C)C[C@@]4(O)[C@H](O)[C@H](COC(=O)C(C)(C)C)C[C@@H]43)[C@H]1C2(C)C. The highest BCUT2D eigenvalue weighted by molar-refractivity contribution is 5.75. The molecule has 4 aliphatic carbocycles. The molecule has 4 aliphatic rings. The summed E-state index contributed by atoms with van der Waals surface area (Å²) in [4.78, 5) is 24.4. The number of esters is 2. The summed E-state index contributed by atoms with van der Waals surface area (Å²) in [5.74, 6) is -2.45. The van der Waals surface area contributed by atoms with Crippen molar-refractivity contribution in [3.63, 3.8) is 0 Å². The minimum absolute atomic E-state index is 0.000274. The number of fused-ring (bicyclic) bond motifs is 5. The Morgan fingerprint density at radius 3 is 2.38 bits per heavy atom. The van der Waals surface area contributed by atoms with E-state index in [-0.39, 0.29) is 48.1 Å². The number of rotatable bonds is 3. The molecule has 9 atom stereocenters. The Hall–Kier alpha value is -1.44. The molecule has 0 radical (unpaired) electrons. The Morgan fingerprint density at radius 1 is 1.21 bits per heavy atom. The van der Waals surface area contributed by atoms with Crippen LogP contribution in [-0.4, -0.2) is 56.8 Å². The van der Waals surface area contributed by atoms with Crippen molar-refractivity contribution in [2.45, 2.75) is 97.6 Å². The van der Waals surface area contributed by atoms with Gasteiger partial charge < -0.3 is 24.8 Å². The molecule has 34 heavy (non-hydrogen) atoms. The van der Waals surface area contributed by atoms with Crippen molar-refractivity contribution in [1.82, 2.24) is 0 Å². The van der Waals surface area contributed by atoms with Crippen LogP contribution in [0.5, 0.6) is 0 Å². The molecule has 0 bridgehead atoms.